The zero-order valence-electron chi connectivity index (χ0n) is 10.1. The molecule has 1 aliphatic rings. The summed E-state index contributed by atoms with van der Waals surface area (Å²) < 4.78 is 2.06. The van der Waals surface area contributed by atoms with Gasteiger partial charge in [-0.05, 0) is 24.3 Å². The molecule has 0 N–H and O–H groups in total. The van der Waals surface area contributed by atoms with Crippen LogP contribution >= 0.6 is 23.5 Å². The molecule has 94 valence electrons. The first-order valence-corrected chi connectivity index (χ1v) is 7.92. The molecule has 3 heterocycles. The van der Waals surface area contributed by atoms with Crippen molar-refractivity contribution in [2.75, 3.05) is 11.5 Å². The van der Waals surface area contributed by atoms with Gasteiger partial charge >= 0.3 is 0 Å². The molecule has 3 rings (SSSR count). The van der Waals surface area contributed by atoms with Crippen LogP contribution in [0.1, 0.15) is 6.42 Å². The van der Waals surface area contributed by atoms with Crippen molar-refractivity contribution in [3.05, 3.63) is 24.5 Å². The molecular weight excluding hydrogens is 264 g/mol. The molecule has 1 fully saturated rings. The van der Waals surface area contributed by atoms with Gasteiger partial charge in [-0.1, -0.05) is 11.8 Å². The Hall–Kier alpha value is -1.01. The van der Waals surface area contributed by atoms with Gasteiger partial charge in [-0.25, -0.2) is 0 Å². The molecule has 4 nitrogen and oxygen atoms in total. The van der Waals surface area contributed by atoms with E-state index in [0.29, 0.717) is 5.25 Å². The van der Waals surface area contributed by atoms with Gasteiger partial charge in [0.15, 0.2) is 11.0 Å². The highest BCUT2D eigenvalue weighted by molar-refractivity contribution is 8.04. The number of hydrogen-bond acceptors (Lipinski definition) is 5. The first-order valence-electron chi connectivity index (χ1n) is 5.89. The van der Waals surface area contributed by atoms with E-state index in [1.165, 1.54) is 17.9 Å². The fourth-order valence-electron chi connectivity index (χ4n) is 1.92. The minimum absolute atomic E-state index is 0.680. The number of nitrogens with zero attached hydrogens (tertiary/aromatic N) is 4. The van der Waals surface area contributed by atoms with E-state index in [-0.39, 0.29) is 0 Å². The zero-order chi connectivity index (χ0) is 12.4. The SMILES string of the molecule is Cn1c(SC2CCSC2)nnc1-c1cccnc1. The number of thioether (sulfide) groups is 2. The van der Waals surface area contributed by atoms with Crippen molar-refractivity contribution >= 4 is 23.5 Å². The first-order chi connectivity index (χ1) is 8.84. The molecule has 1 atom stereocenters. The minimum atomic E-state index is 0.680. The maximum Gasteiger partial charge on any atom is 0.191 e. The number of rotatable bonds is 3. The van der Waals surface area contributed by atoms with Crippen molar-refractivity contribution in [3.8, 4) is 11.4 Å². The Morgan fingerprint density at radius 1 is 1.44 bits per heavy atom. The standard InChI is InChI=1S/C12H14N4S2/c1-16-11(9-3-2-5-13-7-9)14-15-12(16)18-10-4-6-17-8-10/h2-3,5,7,10H,4,6,8H2,1H3. The summed E-state index contributed by atoms with van der Waals surface area (Å²) in [4.78, 5) is 4.12. The molecule has 0 aromatic carbocycles. The Bertz CT molecular complexity index is 520. The summed E-state index contributed by atoms with van der Waals surface area (Å²) in [5.41, 5.74) is 1.01. The molecule has 0 amide bonds. The lowest BCUT2D eigenvalue weighted by atomic mass is 10.3. The molecule has 0 spiro atoms. The van der Waals surface area contributed by atoms with E-state index in [9.17, 15) is 0 Å². The lowest BCUT2D eigenvalue weighted by molar-refractivity contribution is 0.787. The Labute approximate surface area is 115 Å². The molecule has 2 aromatic heterocycles. The second kappa shape index (κ2) is 5.32. The Kier molecular flexibility index (Phi) is 3.56. The van der Waals surface area contributed by atoms with Gasteiger partial charge in [0.1, 0.15) is 0 Å². The van der Waals surface area contributed by atoms with Gasteiger partial charge in [0.05, 0.1) is 0 Å². The Balaban J connectivity index is 1.83. The van der Waals surface area contributed by atoms with Crippen LogP contribution in [0, 0.1) is 0 Å². The van der Waals surface area contributed by atoms with E-state index in [1.54, 1.807) is 6.20 Å². The zero-order valence-corrected chi connectivity index (χ0v) is 11.7. The summed E-state index contributed by atoms with van der Waals surface area (Å²) in [7, 11) is 2.02. The van der Waals surface area contributed by atoms with Crippen LogP contribution in [0.25, 0.3) is 11.4 Å². The summed E-state index contributed by atoms with van der Waals surface area (Å²) in [5, 5.41) is 10.2. The van der Waals surface area contributed by atoms with Crippen LogP contribution in [0.15, 0.2) is 29.7 Å². The quantitative estimate of drug-likeness (QED) is 0.863. The van der Waals surface area contributed by atoms with E-state index in [1.807, 2.05) is 48.9 Å². The van der Waals surface area contributed by atoms with Crippen LogP contribution < -0.4 is 0 Å². The summed E-state index contributed by atoms with van der Waals surface area (Å²) in [5.74, 6) is 3.38. The third-order valence-electron chi connectivity index (χ3n) is 2.91. The maximum absolute atomic E-state index is 4.29. The molecule has 0 bridgehead atoms. The number of aromatic nitrogens is 4. The normalized spacial score (nSPS) is 19.3. The summed E-state index contributed by atoms with van der Waals surface area (Å²) in [6.07, 6.45) is 4.86. The number of pyridine rings is 1. The van der Waals surface area contributed by atoms with E-state index in [2.05, 4.69) is 19.7 Å². The molecule has 0 radical (unpaired) electrons. The van der Waals surface area contributed by atoms with Gasteiger partial charge in [-0.3, -0.25) is 4.98 Å². The number of hydrogen-bond donors (Lipinski definition) is 0. The molecule has 6 heteroatoms. The smallest absolute Gasteiger partial charge is 0.191 e. The molecule has 1 unspecified atom stereocenters. The van der Waals surface area contributed by atoms with Crippen LogP contribution in [0.2, 0.25) is 0 Å². The van der Waals surface area contributed by atoms with Crippen molar-refractivity contribution in [1.29, 1.82) is 0 Å². The average molecular weight is 278 g/mol. The average Bonchev–Trinajstić information content (AvgIpc) is 3.03. The minimum Gasteiger partial charge on any atom is -0.305 e. The highest BCUT2D eigenvalue weighted by Gasteiger charge is 2.20. The molecule has 0 aliphatic carbocycles. The van der Waals surface area contributed by atoms with Crippen LogP contribution in [-0.4, -0.2) is 36.5 Å². The predicted molar refractivity (Wildman–Crippen MR) is 75.8 cm³/mol. The Morgan fingerprint density at radius 2 is 2.39 bits per heavy atom. The maximum atomic E-state index is 4.29. The lowest BCUT2D eigenvalue weighted by Gasteiger charge is -2.07. The van der Waals surface area contributed by atoms with Crippen LogP contribution in [0.5, 0.6) is 0 Å². The molecule has 0 saturated carbocycles. The molecule has 18 heavy (non-hydrogen) atoms. The van der Waals surface area contributed by atoms with Crippen molar-refractivity contribution < 1.29 is 0 Å². The monoisotopic (exact) mass is 278 g/mol. The van der Waals surface area contributed by atoms with E-state index < -0.39 is 0 Å². The largest absolute Gasteiger partial charge is 0.305 e. The molecular formula is C12H14N4S2. The van der Waals surface area contributed by atoms with Crippen molar-refractivity contribution in [2.45, 2.75) is 16.8 Å². The van der Waals surface area contributed by atoms with Crippen LogP contribution in [0.4, 0.5) is 0 Å². The summed E-state index contributed by atoms with van der Waals surface area (Å²) in [6.45, 7) is 0. The lowest BCUT2D eigenvalue weighted by Crippen LogP contribution is -2.02. The Morgan fingerprint density at radius 3 is 3.11 bits per heavy atom. The topological polar surface area (TPSA) is 43.6 Å². The van der Waals surface area contributed by atoms with Gasteiger partial charge in [0, 0.05) is 36.0 Å². The fraction of sp³-hybridized carbons (Fsp3) is 0.417. The molecule has 2 aromatic rings. The third kappa shape index (κ3) is 2.40. The van der Waals surface area contributed by atoms with E-state index in [4.69, 9.17) is 0 Å². The van der Waals surface area contributed by atoms with Crippen LogP contribution in [-0.2, 0) is 7.05 Å². The molecule has 1 saturated heterocycles. The fourth-order valence-corrected chi connectivity index (χ4v) is 4.54. The van der Waals surface area contributed by atoms with Gasteiger partial charge < -0.3 is 4.57 Å². The molecule has 1 aliphatic heterocycles. The summed E-state index contributed by atoms with van der Waals surface area (Å²) >= 11 is 3.86. The van der Waals surface area contributed by atoms with Crippen LogP contribution in [0.3, 0.4) is 0 Å². The second-order valence-electron chi connectivity index (χ2n) is 4.21. The van der Waals surface area contributed by atoms with Gasteiger partial charge in [0.2, 0.25) is 0 Å². The highest BCUT2D eigenvalue weighted by Crippen LogP contribution is 2.33. The summed E-state index contributed by atoms with van der Waals surface area (Å²) in [6, 6.07) is 3.93. The first kappa shape index (κ1) is 12.0. The third-order valence-corrected chi connectivity index (χ3v) is 5.59. The highest BCUT2D eigenvalue weighted by atomic mass is 32.2. The van der Waals surface area contributed by atoms with Crippen molar-refractivity contribution in [3.63, 3.8) is 0 Å². The van der Waals surface area contributed by atoms with E-state index >= 15 is 0 Å². The predicted octanol–water partition coefficient (Wildman–Crippen LogP) is 2.47. The van der Waals surface area contributed by atoms with Gasteiger partial charge in [-0.2, -0.15) is 11.8 Å². The van der Waals surface area contributed by atoms with Crippen molar-refractivity contribution in [2.24, 2.45) is 7.05 Å². The van der Waals surface area contributed by atoms with Gasteiger partial charge in [0.25, 0.3) is 0 Å². The second-order valence-corrected chi connectivity index (χ2v) is 6.63. The van der Waals surface area contributed by atoms with E-state index in [0.717, 1.165) is 16.5 Å². The van der Waals surface area contributed by atoms with Gasteiger partial charge in [-0.15, -0.1) is 10.2 Å². The van der Waals surface area contributed by atoms with Crippen molar-refractivity contribution in [1.82, 2.24) is 19.7 Å².